The molecule has 0 N–H and O–H groups in total. The molecule has 214 valence electrons. The SMILES string of the molecule is c1cc2c3c(c1)-n1c4ccccc4n4c5c(ccc6ccccc65)c(c14)B3c1c3ccc4ccccc4c3n3c4ccccc4n-2c13. The van der Waals surface area contributed by atoms with E-state index >= 15 is 0 Å². The molecule has 0 unspecified atom stereocenters. The Morgan fingerprint density at radius 3 is 1.30 bits per heavy atom. The van der Waals surface area contributed by atoms with E-state index in [4.69, 9.17) is 0 Å². The van der Waals surface area contributed by atoms with Crippen LogP contribution in [0.5, 0.6) is 0 Å². The number of para-hydroxylation sites is 4. The molecule has 11 aromatic rings. The average molecular weight is 594 g/mol. The van der Waals surface area contributed by atoms with Crippen LogP contribution in [0, 0.1) is 0 Å². The second-order valence-corrected chi connectivity index (χ2v) is 13.3. The Morgan fingerprint density at radius 2 is 0.787 bits per heavy atom. The minimum Gasteiger partial charge on any atom is -0.295 e. The molecule has 0 spiro atoms. The van der Waals surface area contributed by atoms with Crippen molar-refractivity contribution in [2.24, 2.45) is 0 Å². The van der Waals surface area contributed by atoms with E-state index in [9.17, 15) is 0 Å². The second kappa shape index (κ2) is 7.60. The van der Waals surface area contributed by atoms with Crippen molar-refractivity contribution in [2.45, 2.75) is 0 Å². The molecule has 7 aromatic carbocycles. The molecule has 0 radical (unpaired) electrons. The molecule has 6 heterocycles. The molecule has 0 aliphatic carbocycles. The number of hydrogen-bond acceptors (Lipinski definition) is 0. The highest BCUT2D eigenvalue weighted by Crippen LogP contribution is 2.41. The lowest BCUT2D eigenvalue weighted by molar-refractivity contribution is 1.12. The first-order valence-electron chi connectivity index (χ1n) is 16.4. The summed E-state index contributed by atoms with van der Waals surface area (Å²) in [6.07, 6.45) is 0. The van der Waals surface area contributed by atoms with E-state index in [2.05, 4.69) is 157 Å². The first-order valence-corrected chi connectivity index (χ1v) is 16.4. The third-order valence-electron chi connectivity index (χ3n) is 11.3. The van der Waals surface area contributed by atoms with Gasteiger partial charge in [0.05, 0.1) is 33.1 Å². The van der Waals surface area contributed by atoms with Gasteiger partial charge in [-0.1, -0.05) is 103 Å². The first kappa shape index (κ1) is 23.2. The normalized spacial score (nSPS) is 13.5. The van der Waals surface area contributed by atoms with Gasteiger partial charge in [-0.15, -0.1) is 0 Å². The van der Waals surface area contributed by atoms with Crippen LogP contribution in [-0.4, -0.2) is 24.6 Å². The van der Waals surface area contributed by atoms with E-state index in [0.29, 0.717) is 0 Å². The van der Waals surface area contributed by atoms with Crippen molar-refractivity contribution >= 4 is 99.8 Å². The summed E-state index contributed by atoms with van der Waals surface area (Å²) in [6.45, 7) is 0.0668. The number of aromatic nitrogens is 4. The molecular weight excluding hydrogens is 571 g/mol. The van der Waals surface area contributed by atoms with Crippen molar-refractivity contribution in [1.29, 1.82) is 0 Å². The maximum Gasteiger partial charge on any atom is 0.258 e. The maximum absolute atomic E-state index is 2.56. The van der Waals surface area contributed by atoms with E-state index in [1.165, 1.54) is 104 Å². The van der Waals surface area contributed by atoms with E-state index in [1.54, 1.807) is 0 Å². The van der Waals surface area contributed by atoms with Crippen LogP contribution in [0.1, 0.15) is 0 Å². The highest BCUT2D eigenvalue weighted by Gasteiger charge is 2.45. The average Bonchev–Trinajstić information content (AvgIpc) is 3.86. The monoisotopic (exact) mass is 594 g/mol. The smallest absolute Gasteiger partial charge is 0.258 e. The molecule has 47 heavy (non-hydrogen) atoms. The van der Waals surface area contributed by atoms with Gasteiger partial charge in [-0.2, -0.15) is 0 Å². The Morgan fingerprint density at radius 1 is 0.340 bits per heavy atom. The van der Waals surface area contributed by atoms with Crippen LogP contribution >= 0.6 is 0 Å². The predicted molar refractivity (Wildman–Crippen MR) is 197 cm³/mol. The lowest BCUT2D eigenvalue weighted by Crippen LogP contribution is -2.59. The van der Waals surface area contributed by atoms with Crippen LogP contribution < -0.4 is 16.4 Å². The Kier molecular flexibility index (Phi) is 3.75. The van der Waals surface area contributed by atoms with Crippen LogP contribution in [0.4, 0.5) is 0 Å². The highest BCUT2D eigenvalue weighted by atomic mass is 15.2. The molecule has 2 aliphatic rings. The lowest BCUT2D eigenvalue weighted by atomic mass is 9.34. The number of nitrogens with zero attached hydrogens (tertiary/aromatic N) is 4. The molecular formula is C42H23BN4. The Bertz CT molecular complexity index is 3040. The van der Waals surface area contributed by atoms with Gasteiger partial charge < -0.3 is 0 Å². The van der Waals surface area contributed by atoms with E-state index < -0.39 is 0 Å². The van der Waals surface area contributed by atoms with Crippen molar-refractivity contribution in [3.05, 3.63) is 140 Å². The minimum atomic E-state index is 0.0668. The topological polar surface area (TPSA) is 18.7 Å². The van der Waals surface area contributed by atoms with E-state index in [1.807, 2.05) is 0 Å². The molecule has 5 heteroatoms. The Labute approximate surface area is 268 Å². The van der Waals surface area contributed by atoms with Gasteiger partial charge in [0, 0.05) is 22.1 Å². The minimum absolute atomic E-state index is 0.0668. The Balaban J connectivity index is 1.36. The second-order valence-electron chi connectivity index (χ2n) is 13.3. The van der Waals surface area contributed by atoms with Crippen molar-refractivity contribution in [3.63, 3.8) is 0 Å². The van der Waals surface area contributed by atoms with Gasteiger partial charge in [-0.25, -0.2) is 0 Å². The number of fused-ring (bicyclic) bond motifs is 20. The van der Waals surface area contributed by atoms with Crippen molar-refractivity contribution < 1.29 is 0 Å². The summed E-state index contributed by atoms with van der Waals surface area (Å²) in [5.74, 6) is 0. The molecule has 4 aromatic heterocycles. The molecule has 0 amide bonds. The highest BCUT2D eigenvalue weighted by molar-refractivity contribution is 7.02. The fraction of sp³-hybridized carbons (Fsp3) is 0. The molecule has 0 saturated heterocycles. The fourth-order valence-corrected chi connectivity index (χ4v) is 9.66. The van der Waals surface area contributed by atoms with Gasteiger partial charge >= 0.3 is 0 Å². The molecule has 0 atom stereocenters. The van der Waals surface area contributed by atoms with Crippen LogP contribution in [-0.2, 0) is 0 Å². The number of benzene rings is 7. The van der Waals surface area contributed by atoms with Crippen molar-refractivity contribution in [3.8, 4) is 11.4 Å². The van der Waals surface area contributed by atoms with Gasteiger partial charge in [0.1, 0.15) is 11.3 Å². The van der Waals surface area contributed by atoms with Gasteiger partial charge in [0.2, 0.25) is 0 Å². The Hall–Kier alpha value is -6.20. The molecule has 0 bridgehead atoms. The fourth-order valence-electron chi connectivity index (χ4n) is 9.66. The summed E-state index contributed by atoms with van der Waals surface area (Å²) in [6, 6.07) is 52.0. The van der Waals surface area contributed by atoms with Crippen LogP contribution in [0.3, 0.4) is 0 Å². The van der Waals surface area contributed by atoms with E-state index in [0.717, 1.165) is 0 Å². The van der Waals surface area contributed by atoms with Gasteiger partial charge in [0.25, 0.3) is 6.71 Å². The molecule has 13 rings (SSSR count). The summed E-state index contributed by atoms with van der Waals surface area (Å²) in [5, 5.41) is 7.80. The first-order chi connectivity index (χ1) is 23.4. The summed E-state index contributed by atoms with van der Waals surface area (Å²) in [4.78, 5) is 0. The van der Waals surface area contributed by atoms with Gasteiger partial charge in [-0.05, 0) is 74.3 Å². The summed E-state index contributed by atoms with van der Waals surface area (Å²) < 4.78 is 10.2. The third kappa shape index (κ3) is 2.40. The zero-order chi connectivity index (χ0) is 30.1. The lowest BCUT2D eigenvalue weighted by Gasteiger charge is -2.31. The van der Waals surface area contributed by atoms with Crippen LogP contribution in [0.2, 0.25) is 0 Å². The zero-order valence-corrected chi connectivity index (χ0v) is 25.1. The predicted octanol–water partition coefficient (Wildman–Crippen LogP) is 7.84. The van der Waals surface area contributed by atoms with Gasteiger partial charge in [-0.3, -0.25) is 17.9 Å². The van der Waals surface area contributed by atoms with Crippen molar-refractivity contribution in [1.82, 2.24) is 17.9 Å². The largest absolute Gasteiger partial charge is 0.295 e. The van der Waals surface area contributed by atoms with Crippen LogP contribution in [0.15, 0.2) is 140 Å². The number of imidazole rings is 2. The summed E-state index contributed by atoms with van der Waals surface area (Å²) >= 11 is 0. The maximum atomic E-state index is 2.56. The summed E-state index contributed by atoms with van der Waals surface area (Å²) in [7, 11) is 0. The molecule has 4 nitrogen and oxygen atoms in total. The summed E-state index contributed by atoms with van der Waals surface area (Å²) in [5.41, 5.74) is 16.9. The quantitative estimate of drug-likeness (QED) is 0.159. The number of rotatable bonds is 0. The molecule has 0 fully saturated rings. The van der Waals surface area contributed by atoms with E-state index in [-0.39, 0.29) is 6.71 Å². The molecule has 2 aliphatic heterocycles. The third-order valence-corrected chi connectivity index (χ3v) is 11.3. The van der Waals surface area contributed by atoms with Gasteiger partial charge in [0.15, 0.2) is 0 Å². The number of hydrogen-bond donors (Lipinski definition) is 0. The van der Waals surface area contributed by atoms with Crippen molar-refractivity contribution in [2.75, 3.05) is 0 Å². The van der Waals surface area contributed by atoms with Crippen LogP contribution in [0.25, 0.3) is 88.1 Å². The standard InChI is InChI=1S/C42H23BN4/c1-3-12-26-24(10-1)20-22-28-36-41-44(30-14-5-7-16-32(30)46(41)39(26)28)34-18-9-19-35-38(34)43(36)37-29-23-21-25-11-2-4-13-27(25)40(29)47-33-17-8-6-15-31(33)45(35)42(37)47/h1-23H. The molecule has 0 saturated carbocycles. The zero-order valence-electron chi connectivity index (χ0n) is 25.1.